The molecule has 0 aromatic heterocycles. The van der Waals surface area contributed by atoms with Crippen molar-refractivity contribution in [2.45, 2.75) is 67.8 Å². The highest BCUT2D eigenvalue weighted by Crippen LogP contribution is 2.65. The molecule has 6 nitrogen and oxygen atoms in total. The Hall–Kier alpha value is -2.83. The molecular formula is C28H31NO5. The normalized spacial score (nSPS) is 33.0. The van der Waals surface area contributed by atoms with E-state index in [-0.39, 0.29) is 17.8 Å². The lowest BCUT2D eigenvalue weighted by Crippen LogP contribution is -2.77. The molecule has 5 atom stereocenters. The summed E-state index contributed by atoms with van der Waals surface area (Å²) in [5, 5.41) is 23.0. The SMILES string of the molecule is C=CCN1CC[C@]23c4c5ccc(O)c4O[C@H]2[C@@H](OC(=O)CCc2ccccc2)CC[C@@]3(O)[C@H]1C5. The fourth-order valence-corrected chi connectivity index (χ4v) is 7.21. The summed E-state index contributed by atoms with van der Waals surface area (Å²) in [7, 11) is 0. The number of likely N-dealkylation sites (tertiary alicyclic amines) is 1. The van der Waals surface area contributed by atoms with Gasteiger partial charge < -0.3 is 19.7 Å². The van der Waals surface area contributed by atoms with Crippen molar-refractivity contribution in [1.29, 1.82) is 0 Å². The minimum Gasteiger partial charge on any atom is -0.504 e. The number of ether oxygens (including phenoxy) is 2. The van der Waals surface area contributed by atoms with E-state index in [4.69, 9.17) is 9.47 Å². The van der Waals surface area contributed by atoms with Gasteiger partial charge in [-0.25, -0.2) is 0 Å². The molecule has 4 aliphatic rings. The summed E-state index contributed by atoms with van der Waals surface area (Å²) in [6.07, 6.45) is 4.27. The van der Waals surface area contributed by atoms with Crippen molar-refractivity contribution in [2.75, 3.05) is 13.1 Å². The van der Waals surface area contributed by atoms with Crippen LogP contribution in [0.25, 0.3) is 0 Å². The first-order valence-corrected chi connectivity index (χ1v) is 12.3. The number of aryl methyl sites for hydroxylation is 1. The van der Waals surface area contributed by atoms with Gasteiger partial charge in [0.05, 0.1) is 11.0 Å². The molecule has 6 rings (SSSR count). The number of carbonyl (C=O) groups excluding carboxylic acids is 1. The molecule has 1 saturated heterocycles. The predicted octanol–water partition coefficient (Wildman–Crippen LogP) is 3.28. The number of hydrogen-bond donors (Lipinski definition) is 2. The Morgan fingerprint density at radius 2 is 2.06 bits per heavy atom. The van der Waals surface area contributed by atoms with Crippen LogP contribution in [0.5, 0.6) is 11.5 Å². The van der Waals surface area contributed by atoms with Crippen molar-refractivity contribution in [1.82, 2.24) is 4.90 Å². The fourth-order valence-electron chi connectivity index (χ4n) is 7.21. The number of piperidine rings is 1. The summed E-state index contributed by atoms with van der Waals surface area (Å²) in [5.41, 5.74) is 1.42. The summed E-state index contributed by atoms with van der Waals surface area (Å²) in [6, 6.07) is 13.5. The Balaban J connectivity index is 1.33. The Labute approximate surface area is 199 Å². The quantitative estimate of drug-likeness (QED) is 0.508. The van der Waals surface area contributed by atoms with Crippen LogP contribution in [0.15, 0.2) is 55.1 Å². The lowest BCUT2D eigenvalue weighted by Gasteiger charge is -2.63. The first-order chi connectivity index (χ1) is 16.5. The van der Waals surface area contributed by atoms with Crippen LogP contribution in [-0.2, 0) is 27.8 Å². The molecule has 0 amide bonds. The van der Waals surface area contributed by atoms with Gasteiger partial charge in [0.2, 0.25) is 0 Å². The maximum absolute atomic E-state index is 12.9. The molecule has 2 aromatic carbocycles. The first kappa shape index (κ1) is 21.7. The van der Waals surface area contributed by atoms with Crippen LogP contribution in [0.3, 0.4) is 0 Å². The Kier molecular flexibility index (Phi) is 5.01. The second-order valence-corrected chi connectivity index (χ2v) is 10.2. The van der Waals surface area contributed by atoms with Crippen LogP contribution in [0.4, 0.5) is 0 Å². The van der Waals surface area contributed by atoms with Crippen molar-refractivity contribution in [3.05, 3.63) is 71.8 Å². The zero-order valence-electron chi connectivity index (χ0n) is 19.3. The third kappa shape index (κ3) is 2.91. The number of aromatic hydroxyl groups is 1. The van der Waals surface area contributed by atoms with Crippen LogP contribution in [0, 0.1) is 0 Å². The fraction of sp³-hybridized carbons (Fsp3) is 0.464. The van der Waals surface area contributed by atoms with E-state index in [9.17, 15) is 15.0 Å². The van der Waals surface area contributed by atoms with Gasteiger partial charge in [-0.15, -0.1) is 6.58 Å². The van der Waals surface area contributed by atoms with Crippen molar-refractivity contribution >= 4 is 5.97 Å². The third-order valence-electron chi connectivity index (χ3n) is 8.63. The average molecular weight is 462 g/mol. The van der Waals surface area contributed by atoms with Crippen molar-refractivity contribution in [2.24, 2.45) is 0 Å². The lowest BCUT2D eigenvalue weighted by molar-refractivity contribution is -0.214. The van der Waals surface area contributed by atoms with Gasteiger partial charge >= 0.3 is 5.97 Å². The molecule has 178 valence electrons. The lowest BCUT2D eigenvalue weighted by atomic mass is 9.48. The largest absolute Gasteiger partial charge is 0.504 e. The number of phenols is 1. The summed E-state index contributed by atoms with van der Waals surface area (Å²) in [6.45, 7) is 5.42. The van der Waals surface area contributed by atoms with Gasteiger partial charge in [-0.3, -0.25) is 9.69 Å². The Morgan fingerprint density at radius 3 is 2.85 bits per heavy atom. The van der Waals surface area contributed by atoms with Crippen molar-refractivity contribution < 1.29 is 24.5 Å². The first-order valence-electron chi connectivity index (χ1n) is 12.3. The highest BCUT2D eigenvalue weighted by molar-refractivity contribution is 5.70. The topological polar surface area (TPSA) is 79.2 Å². The smallest absolute Gasteiger partial charge is 0.306 e. The molecule has 0 radical (unpaired) electrons. The maximum Gasteiger partial charge on any atom is 0.306 e. The van der Waals surface area contributed by atoms with Gasteiger partial charge in [-0.1, -0.05) is 42.5 Å². The molecule has 1 saturated carbocycles. The number of aliphatic hydroxyl groups is 1. The highest BCUT2D eigenvalue weighted by Gasteiger charge is 2.73. The summed E-state index contributed by atoms with van der Waals surface area (Å²) in [4.78, 5) is 15.2. The predicted molar refractivity (Wildman–Crippen MR) is 127 cm³/mol. The van der Waals surface area contributed by atoms with Gasteiger partial charge in [0.15, 0.2) is 11.5 Å². The summed E-state index contributed by atoms with van der Waals surface area (Å²) in [5.74, 6) is 0.297. The summed E-state index contributed by atoms with van der Waals surface area (Å²) >= 11 is 0. The minimum absolute atomic E-state index is 0.0666. The van der Waals surface area contributed by atoms with Crippen molar-refractivity contribution in [3.8, 4) is 11.5 Å². The number of hydrogen-bond acceptors (Lipinski definition) is 6. The van der Waals surface area contributed by atoms with E-state index >= 15 is 0 Å². The molecule has 1 spiro atoms. The molecular weight excluding hydrogens is 430 g/mol. The molecule has 2 fully saturated rings. The van der Waals surface area contributed by atoms with Gasteiger partial charge in [0.1, 0.15) is 12.2 Å². The van der Waals surface area contributed by atoms with Crippen LogP contribution in [0.2, 0.25) is 0 Å². The zero-order valence-corrected chi connectivity index (χ0v) is 19.3. The van der Waals surface area contributed by atoms with Crippen LogP contribution in [-0.4, -0.2) is 58.0 Å². The standard InChI is InChI=1S/C28H31NO5/c1-2-15-29-16-14-27-24-19-9-10-20(30)25(24)34-26(27)21(12-13-28(27,32)22(29)17-19)33-23(31)11-8-18-6-4-3-5-7-18/h2-7,9-10,21-22,26,30,32H,1,8,11-17H2/t21-,22+,26-,27-,28+/m0/s1. The zero-order chi connectivity index (χ0) is 23.5. The molecule has 6 heteroatoms. The maximum atomic E-state index is 12.9. The van der Waals surface area contributed by atoms with E-state index in [1.54, 1.807) is 6.07 Å². The minimum atomic E-state index is -1.02. The number of benzene rings is 2. The molecule has 2 bridgehead atoms. The van der Waals surface area contributed by atoms with Gasteiger partial charge in [0, 0.05) is 24.6 Å². The molecule has 34 heavy (non-hydrogen) atoms. The highest BCUT2D eigenvalue weighted by atomic mass is 16.6. The van der Waals surface area contributed by atoms with Crippen LogP contribution < -0.4 is 4.74 Å². The average Bonchev–Trinajstić information content (AvgIpc) is 3.19. The number of esters is 1. The Morgan fingerprint density at radius 1 is 1.24 bits per heavy atom. The number of nitrogens with zero attached hydrogens (tertiary/aromatic N) is 1. The molecule has 0 unspecified atom stereocenters. The molecule has 2 aliphatic heterocycles. The van der Waals surface area contributed by atoms with Crippen molar-refractivity contribution in [3.63, 3.8) is 0 Å². The van der Waals surface area contributed by atoms with Crippen LogP contribution in [0.1, 0.15) is 42.4 Å². The van der Waals surface area contributed by atoms with E-state index in [1.165, 1.54) is 0 Å². The van der Waals surface area contributed by atoms with E-state index in [0.717, 1.165) is 23.2 Å². The molecule has 2 heterocycles. The van der Waals surface area contributed by atoms with Gasteiger partial charge in [-0.05, 0) is 55.8 Å². The van der Waals surface area contributed by atoms with E-state index < -0.39 is 23.2 Å². The summed E-state index contributed by atoms with van der Waals surface area (Å²) < 4.78 is 12.4. The third-order valence-corrected chi connectivity index (χ3v) is 8.63. The second-order valence-electron chi connectivity index (χ2n) is 10.2. The van der Waals surface area contributed by atoms with Crippen LogP contribution >= 0.6 is 0 Å². The second kappa shape index (κ2) is 7.85. The Bertz CT molecular complexity index is 1130. The molecule has 2 aromatic rings. The molecule has 2 N–H and O–H groups in total. The number of rotatable bonds is 6. The number of carbonyl (C=O) groups is 1. The monoisotopic (exact) mass is 461 g/mol. The van der Waals surface area contributed by atoms with Gasteiger partial charge in [-0.2, -0.15) is 0 Å². The van der Waals surface area contributed by atoms with E-state index in [1.807, 2.05) is 42.5 Å². The van der Waals surface area contributed by atoms with E-state index in [0.29, 0.717) is 50.8 Å². The molecule has 2 aliphatic carbocycles. The number of phenolic OH excluding ortho intramolecular Hbond substituents is 1. The van der Waals surface area contributed by atoms with E-state index in [2.05, 4.69) is 11.5 Å². The van der Waals surface area contributed by atoms with Gasteiger partial charge in [0.25, 0.3) is 0 Å².